The number of halogens is 3. The Bertz CT molecular complexity index is 813. The molecule has 0 aliphatic rings. The van der Waals surface area contributed by atoms with Crippen LogP contribution in [-0.2, 0) is 4.79 Å². The van der Waals surface area contributed by atoms with Gasteiger partial charge in [0.2, 0.25) is 0 Å². The second kappa shape index (κ2) is 8.98. The third kappa shape index (κ3) is 5.17. The maximum absolute atomic E-state index is 13.6. The zero-order valence-electron chi connectivity index (χ0n) is 14.3. The fourth-order valence-corrected chi connectivity index (χ4v) is 2.91. The molecule has 0 aromatic heterocycles. The van der Waals surface area contributed by atoms with Crippen LogP contribution in [0.1, 0.15) is 28.9 Å². The van der Waals surface area contributed by atoms with Gasteiger partial charge in [0.1, 0.15) is 11.9 Å². The van der Waals surface area contributed by atoms with Crippen LogP contribution in [0.15, 0.2) is 36.4 Å². The van der Waals surface area contributed by atoms with E-state index in [0.717, 1.165) is 0 Å². The molecule has 2 amide bonds. The van der Waals surface area contributed by atoms with Crippen molar-refractivity contribution in [1.82, 2.24) is 5.32 Å². The van der Waals surface area contributed by atoms with Crippen LogP contribution in [-0.4, -0.2) is 25.4 Å². The van der Waals surface area contributed by atoms with Gasteiger partial charge >= 0.3 is 0 Å². The standard InChI is InChI=1S/C18H18Cl2FN3O2/c1-10(13-7-16(21)15(20)8-14(13)19)23-9-17(25)24-12-5-3-11(4-6-12)18(26)22-2/h3-8,10,23H,9H2,1-2H3,(H,22,26)(H,24,25)/p+1/t10-/m0/s1. The van der Waals surface area contributed by atoms with E-state index in [1.54, 1.807) is 36.6 Å². The number of carbonyl (C=O) groups excluding carboxylic acids is 2. The lowest BCUT2D eigenvalue weighted by Crippen LogP contribution is -2.86. The highest BCUT2D eigenvalue weighted by atomic mass is 35.5. The third-order valence-electron chi connectivity index (χ3n) is 3.84. The van der Waals surface area contributed by atoms with Crippen LogP contribution >= 0.6 is 23.2 Å². The number of nitrogens with one attached hydrogen (secondary N) is 2. The SMILES string of the molecule is CNC(=O)c1ccc(NC(=O)C[NH2+][C@@H](C)c2cc(F)c(Cl)cc2Cl)cc1. The van der Waals surface area contributed by atoms with Crippen molar-refractivity contribution in [2.75, 3.05) is 18.9 Å². The lowest BCUT2D eigenvalue weighted by atomic mass is 10.1. The number of quaternary nitrogens is 1. The first-order valence-corrected chi connectivity index (χ1v) is 8.67. The molecule has 5 nitrogen and oxygen atoms in total. The first-order valence-electron chi connectivity index (χ1n) is 7.91. The molecule has 0 saturated heterocycles. The molecule has 0 heterocycles. The lowest BCUT2D eigenvalue weighted by molar-refractivity contribution is -0.682. The third-order valence-corrected chi connectivity index (χ3v) is 4.46. The Morgan fingerprint density at radius 3 is 2.42 bits per heavy atom. The Morgan fingerprint density at radius 2 is 1.81 bits per heavy atom. The zero-order valence-corrected chi connectivity index (χ0v) is 15.8. The Labute approximate surface area is 160 Å². The van der Waals surface area contributed by atoms with Crippen molar-refractivity contribution in [3.8, 4) is 0 Å². The molecule has 0 unspecified atom stereocenters. The summed E-state index contributed by atoms with van der Waals surface area (Å²) in [5, 5.41) is 7.32. The maximum Gasteiger partial charge on any atom is 0.279 e. The Kier molecular flexibility index (Phi) is 6.97. The highest BCUT2D eigenvalue weighted by molar-refractivity contribution is 6.35. The van der Waals surface area contributed by atoms with E-state index in [-0.39, 0.29) is 29.4 Å². The number of nitrogens with two attached hydrogens (primary N) is 1. The topological polar surface area (TPSA) is 74.8 Å². The lowest BCUT2D eigenvalue weighted by Gasteiger charge is -2.13. The van der Waals surface area contributed by atoms with Gasteiger partial charge in [-0.3, -0.25) is 9.59 Å². The van der Waals surface area contributed by atoms with Gasteiger partial charge in [0, 0.05) is 23.9 Å². The van der Waals surface area contributed by atoms with Crippen LogP contribution in [0.3, 0.4) is 0 Å². The molecule has 0 aliphatic heterocycles. The van der Waals surface area contributed by atoms with Crippen LogP contribution in [0, 0.1) is 5.82 Å². The van der Waals surface area contributed by atoms with Crippen LogP contribution in [0.25, 0.3) is 0 Å². The fourth-order valence-electron chi connectivity index (χ4n) is 2.36. The smallest absolute Gasteiger partial charge is 0.279 e. The first kappa shape index (κ1) is 20.2. The van der Waals surface area contributed by atoms with Gasteiger partial charge in [-0.15, -0.1) is 0 Å². The van der Waals surface area contributed by atoms with Gasteiger partial charge in [0.25, 0.3) is 11.8 Å². The van der Waals surface area contributed by atoms with Crippen molar-refractivity contribution in [3.63, 3.8) is 0 Å². The van der Waals surface area contributed by atoms with E-state index in [1.165, 1.54) is 12.1 Å². The second-order valence-corrected chi connectivity index (χ2v) is 6.54. The zero-order chi connectivity index (χ0) is 19.3. The minimum atomic E-state index is -0.549. The molecule has 0 saturated carbocycles. The van der Waals surface area contributed by atoms with Gasteiger partial charge in [-0.05, 0) is 43.3 Å². The normalized spacial score (nSPS) is 11.7. The van der Waals surface area contributed by atoms with Gasteiger partial charge in [0.05, 0.1) is 10.0 Å². The van der Waals surface area contributed by atoms with Gasteiger partial charge in [0.15, 0.2) is 6.54 Å². The molecule has 4 N–H and O–H groups in total. The summed E-state index contributed by atoms with van der Waals surface area (Å²) in [5.74, 6) is -0.973. The average molecular weight is 399 g/mol. The van der Waals surface area contributed by atoms with E-state index in [4.69, 9.17) is 23.2 Å². The number of amides is 2. The molecule has 0 bridgehead atoms. The second-order valence-electron chi connectivity index (χ2n) is 5.72. The first-order chi connectivity index (χ1) is 12.3. The Balaban J connectivity index is 1.92. The van der Waals surface area contributed by atoms with Gasteiger partial charge in [-0.25, -0.2) is 4.39 Å². The molecule has 0 radical (unpaired) electrons. The highest BCUT2D eigenvalue weighted by Crippen LogP contribution is 2.27. The summed E-state index contributed by atoms with van der Waals surface area (Å²) in [6.07, 6.45) is 0. The van der Waals surface area contributed by atoms with Crippen LogP contribution < -0.4 is 16.0 Å². The van der Waals surface area contributed by atoms with E-state index in [9.17, 15) is 14.0 Å². The molecule has 2 rings (SSSR count). The molecule has 0 fully saturated rings. The van der Waals surface area contributed by atoms with E-state index in [0.29, 0.717) is 21.8 Å². The van der Waals surface area contributed by atoms with Crippen molar-refractivity contribution >= 4 is 40.7 Å². The molecule has 138 valence electrons. The summed E-state index contributed by atoms with van der Waals surface area (Å²) in [4.78, 5) is 23.6. The quantitative estimate of drug-likeness (QED) is 0.654. The molecule has 8 heteroatoms. The Morgan fingerprint density at radius 1 is 1.15 bits per heavy atom. The molecular formula is C18H19Cl2FN3O2+. The average Bonchev–Trinajstić information content (AvgIpc) is 2.62. The maximum atomic E-state index is 13.6. The van der Waals surface area contributed by atoms with Gasteiger partial charge in [-0.2, -0.15) is 0 Å². The molecule has 0 spiro atoms. The van der Waals surface area contributed by atoms with Crippen molar-refractivity contribution in [2.45, 2.75) is 13.0 Å². The minimum Gasteiger partial charge on any atom is -0.355 e. The summed E-state index contributed by atoms with van der Waals surface area (Å²) in [7, 11) is 1.55. The van der Waals surface area contributed by atoms with E-state index < -0.39 is 5.82 Å². The fraction of sp³-hybridized carbons (Fsp3) is 0.222. The highest BCUT2D eigenvalue weighted by Gasteiger charge is 2.17. The number of benzene rings is 2. The summed E-state index contributed by atoms with van der Waals surface area (Å²) < 4.78 is 13.6. The van der Waals surface area contributed by atoms with Crippen LogP contribution in [0.4, 0.5) is 10.1 Å². The summed E-state index contributed by atoms with van der Waals surface area (Å²) in [6.45, 7) is 1.94. The van der Waals surface area contributed by atoms with Crippen molar-refractivity contribution in [1.29, 1.82) is 0 Å². The predicted molar refractivity (Wildman–Crippen MR) is 100 cm³/mol. The van der Waals surface area contributed by atoms with E-state index in [2.05, 4.69) is 10.6 Å². The predicted octanol–water partition coefficient (Wildman–Crippen LogP) is 2.76. The van der Waals surface area contributed by atoms with Crippen molar-refractivity contribution in [3.05, 3.63) is 63.4 Å². The molecule has 2 aromatic carbocycles. The number of hydrogen-bond acceptors (Lipinski definition) is 2. The molecule has 2 aromatic rings. The molecular weight excluding hydrogens is 380 g/mol. The number of hydrogen-bond donors (Lipinski definition) is 3. The van der Waals surface area contributed by atoms with Crippen molar-refractivity contribution < 1.29 is 19.3 Å². The van der Waals surface area contributed by atoms with E-state index >= 15 is 0 Å². The van der Waals surface area contributed by atoms with E-state index in [1.807, 2.05) is 6.92 Å². The minimum absolute atomic E-state index is 0.0381. The summed E-state index contributed by atoms with van der Waals surface area (Å²) in [6, 6.07) is 8.95. The number of anilines is 1. The van der Waals surface area contributed by atoms with Crippen LogP contribution in [0.5, 0.6) is 0 Å². The van der Waals surface area contributed by atoms with Crippen LogP contribution in [0.2, 0.25) is 10.0 Å². The van der Waals surface area contributed by atoms with Gasteiger partial charge < -0.3 is 16.0 Å². The molecule has 0 aliphatic carbocycles. The van der Waals surface area contributed by atoms with Gasteiger partial charge in [-0.1, -0.05) is 23.2 Å². The largest absolute Gasteiger partial charge is 0.355 e. The Hall–Kier alpha value is -2.15. The molecule has 1 atom stereocenters. The summed E-state index contributed by atoms with van der Waals surface area (Å²) >= 11 is 11.8. The number of carbonyl (C=O) groups is 2. The monoisotopic (exact) mass is 398 g/mol. The summed E-state index contributed by atoms with van der Waals surface area (Å²) in [5.41, 5.74) is 1.65. The number of rotatable bonds is 6. The molecule has 26 heavy (non-hydrogen) atoms. The van der Waals surface area contributed by atoms with Crippen molar-refractivity contribution in [2.24, 2.45) is 0 Å².